The number of aromatic nitrogens is 3. The Labute approximate surface area is 84.3 Å². The van der Waals surface area contributed by atoms with Crippen LogP contribution in [0.4, 0.5) is 11.9 Å². The lowest BCUT2D eigenvalue weighted by Crippen LogP contribution is -2.01. The van der Waals surface area contributed by atoms with Crippen LogP contribution in [-0.4, -0.2) is 19.7 Å². The maximum absolute atomic E-state index is 10.4. The second-order valence-corrected chi connectivity index (χ2v) is 2.77. The summed E-state index contributed by atoms with van der Waals surface area (Å²) in [5.74, 6) is -0.510. The van der Waals surface area contributed by atoms with E-state index in [1.54, 1.807) is 24.3 Å². The van der Waals surface area contributed by atoms with Crippen LogP contribution in [0.2, 0.25) is 0 Å². The Morgan fingerprint density at radius 3 is 2.53 bits per heavy atom. The van der Waals surface area contributed by atoms with Crippen molar-refractivity contribution in [3.05, 3.63) is 40.4 Å². The number of nitrogens with zero attached hydrogens (tertiary/aromatic N) is 4. The number of rotatable bonds is 2. The van der Waals surface area contributed by atoms with E-state index in [4.69, 9.17) is 5.73 Å². The number of hydrogen-bond acceptors (Lipinski definition) is 5. The van der Waals surface area contributed by atoms with Gasteiger partial charge in [0.15, 0.2) is 0 Å². The molecule has 2 rings (SSSR count). The molecular weight excluding hydrogens is 198 g/mol. The lowest BCUT2D eigenvalue weighted by molar-refractivity contribution is -0.394. The van der Waals surface area contributed by atoms with Gasteiger partial charge in [0.1, 0.15) is 0 Å². The van der Waals surface area contributed by atoms with Gasteiger partial charge in [-0.2, -0.15) is 0 Å². The van der Waals surface area contributed by atoms with Crippen LogP contribution in [0.5, 0.6) is 0 Å². The molecule has 0 saturated carbocycles. The van der Waals surface area contributed by atoms with Gasteiger partial charge in [0, 0.05) is 5.10 Å². The van der Waals surface area contributed by atoms with Gasteiger partial charge in [-0.05, 0) is 22.0 Å². The molecule has 0 amide bonds. The smallest absolute Gasteiger partial charge is 0.390 e. The summed E-state index contributed by atoms with van der Waals surface area (Å²) in [5, 5.41) is 14.1. The zero-order chi connectivity index (χ0) is 10.8. The van der Waals surface area contributed by atoms with Gasteiger partial charge >= 0.3 is 11.9 Å². The average molecular weight is 205 g/mol. The van der Waals surface area contributed by atoms with Crippen LogP contribution in [0.3, 0.4) is 0 Å². The molecule has 15 heavy (non-hydrogen) atoms. The van der Waals surface area contributed by atoms with E-state index in [0.29, 0.717) is 5.69 Å². The third-order valence-electron chi connectivity index (χ3n) is 1.79. The fraction of sp³-hybridized carbons (Fsp3) is 0. The molecule has 1 aromatic heterocycles. The first-order valence-electron chi connectivity index (χ1n) is 4.11. The van der Waals surface area contributed by atoms with Gasteiger partial charge in [-0.3, -0.25) is 0 Å². The minimum atomic E-state index is -0.685. The molecule has 7 nitrogen and oxygen atoms in total. The molecule has 76 valence electrons. The fourth-order valence-corrected chi connectivity index (χ4v) is 1.15. The Kier molecular flexibility index (Phi) is 2.05. The third-order valence-corrected chi connectivity index (χ3v) is 1.79. The molecular formula is C8H7N5O2. The Hall–Kier alpha value is -2.44. The van der Waals surface area contributed by atoms with E-state index in [1.807, 2.05) is 6.07 Å². The van der Waals surface area contributed by atoms with Crippen LogP contribution in [-0.2, 0) is 0 Å². The average Bonchev–Trinajstić information content (AvgIpc) is 2.62. The number of hydrogen-bond donors (Lipinski definition) is 1. The highest BCUT2D eigenvalue weighted by Gasteiger charge is 2.19. The van der Waals surface area contributed by atoms with Crippen molar-refractivity contribution in [2.45, 2.75) is 0 Å². The number of nitro groups is 1. The summed E-state index contributed by atoms with van der Waals surface area (Å²) in [4.78, 5) is 13.2. The van der Waals surface area contributed by atoms with E-state index in [1.165, 1.54) is 4.68 Å². The van der Waals surface area contributed by atoms with Gasteiger partial charge in [-0.25, -0.2) is 0 Å². The molecule has 0 fully saturated rings. The van der Waals surface area contributed by atoms with Gasteiger partial charge in [-0.15, -0.1) is 4.68 Å². The lowest BCUT2D eigenvalue weighted by Gasteiger charge is -1.95. The summed E-state index contributed by atoms with van der Waals surface area (Å²) in [5.41, 5.74) is 6.13. The van der Waals surface area contributed by atoms with Gasteiger partial charge in [0.25, 0.3) is 0 Å². The molecule has 0 aliphatic rings. The highest BCUT2D eigenvalue weighted by atomic mass is 16.6. The molecule has 0 aliphatic heterocycles. The summed E-state index contributed by atoms with van der Waals surface area (Å²) < 4.78 is 1.22. The number of benzene rings is 1. The van der Waals surface area contributed by atoms with Crippen molar-refractivity contribution in [2.75, 3.05) is 5.73 Å². The summed E-state index contributed by atoms with van der Waals surface area (Å²) in [7, 11) is 0. The Morgan fingerprint density at radius 1 is 1.33 bits per heavy atom. The zero-order valence-corrected chi connectivity index (χ0v) is 7.57. The first-order valence-corrected chi connectivity index (χ1v) is 4.11. The van der Waals surface area contributed by atoms with E-state index in [0.717, 1.165) is 0 Å². The van der Waals surface area contributed by atoms with E-state index in [9.17, 15) is 10.1 Å². The highest BCUT2D eigenvalue weighted by Crippen LogP contribution is 2.13. The van der Waals surface area contributed by atoms with Gasteiger partial charge in [-0.1, -0.05) is 18.2 Å². The summed E-state index contributed by atoms with van der Waals surface area (Å²) in [6.07, 6.45) is 0. The molecule has 1 heterocycles. The summed E-state index contributed by atoms with van der Waals surface area (Å²) in [6.45, 7) is 0. The quantitative estimate of drug-likeness (QED) is 0.576. The van der Waals surface area contributed by atoms with Gasteiger partial charge in [0.05, 0.1) is 5.69 Å². The second kappa shape index (κ2) is 3.37. The normalized spacial score (nSPS) is 10.1. The molecule has 0 aliphatic carbocycles. The molecule has 2 aromatic rings. The highest BCUT2D eigenvalue weighted by molar-refractivity contribution is 5.38. The molecule has 0 atom stereocenters. The Balaban J connectivity index is 2.50. The van der Waals surface area contributed by atoms with Crippen molar-refractivity contribution < 1.29 is 4.92 Å². The number of nitrogen functional groups attached to an aromatic ring is 1. The first-order chi connectivity index (χ1) is 7.18. The van der Waals surface area contributed by atoms with Crippen LogP contribution >= 0.6 is 0 Å². The molecule has 0 saturated heterocycles. The number of nitrogens with two attached hydrogens (primary N) is 1. The molecule has 1 aromatic carbocycles. The van der Waals surface area contributed by atoms with Crippen LogP contribution in [0.15, 0.2) is 30.3 Å². The number of anilines is 1. The molecule has 0 unspecified atom stereocenters. The Morgan fingerprint density at radius 2 is 2.00 bits per heavy atom. The van der Waals surface area contributed by atoms with Gasteiger partial charge in [0.2, 0.25) is 0 Å². The molecule has 2 N–H and O–H groups in total. The van der Waals surface area contributed by atoms with Crippen LogP contribution in [0.25, 0.3) is 5.69 Å². The van der Waals surface area contributed by atoms with E-state index < -0.39 is 10.9 Å². The minimum Gasteiger partial charge on any atom is -0.390 e. The second-order valence-electron chi connectivity index (χ2n) is 2.77. The van der Waals surface area contributed by atoms with Crippen molar-refractivity contribution >= 4 is 11.9 Å². The topological polar surface area (TPSA) is 99.9 Å². The van der Waals surface area contributed by atoms with Crippen LogP contribution < -0.4 is 5.73 Å². The monoisotopic (exact) mass is 205 g/mol. The summed E-state index contributed by atoms with van der Waals surface area (Å²) in [6, 6.07) is 8.85. The molecule has 0 radical (unpaired) electrons. The minimum absolute atomic E-state index is 0.00657. The van der Waals surface area contributed by atoms with Crippen molar-refractivity contribution in [3.63, 3.8) is 0 Å². The van der Waals surface area contributed by atoms with Gasteiger partial charge < -0.3 is 15.8 Å². The van der Waals surface area contributed by atoms with Crippen LogP contribution in [0, 0.1) is 10.1 Å². The largest absolute Gasteiger partial charge is 0.493 e. The third kappa shape index (κ3) is 1.62. The van der Waals surface area contributed by atoms with Crippen LogP contribution in [0.1, 0.15) is 0 Å². The zero-order valence-electron chi connectivity index (χ0n) is 7.57. The van der Waals surface area contributed by atoms with Crippen molar-refractivity contribution in [3.8, 4) is 5.69 Å². The molecule has 7 heteroatoms. The van der Waals surface area contributed by atoms with E-state index in [-0.39, 0.29) is 5.95 Å². The van der Waals surface area contributed by atoms with Crippen molar-refractivity contribution in [1.29, 1.82) is 0 Å². The predicted molar refractivity (Wildman–Crippen MR) is 52.4 cm³/mol. The molecule has 0 spiro atoms. The SMILES string of the molecule is Nc1nc([N+](=O)[O-])nn1-c1ccccc1. The standard InChI is InChI=1S/C8H7N5O2/c9-7-10-8(13(14)15)11-12(7)6-4-2-1-3-5-6/h1-5H,(H2,9,10,11). The fourth-order valence-electron chi connectivity index (χ4n) is 1.15. The summed E-state index contributed by atoms with van der Waals surface area (Å²) >= 11 is 0. The molecule has 0 bridgehead atoms. The van der Waals surface area contributed by atoms with Crippen molar-refractivity contribution in [2.24, 2.45) is 0 Å². The van der Waals surface area contributed by atoms with E-state index >= 15 is 0 Å². The van der Waals surface area contributed by atoms with E-state index in [2.05, 4.69) is 10.1 Å². The van der Waals surface area contributed by atoms with Crippen molar-refractivity contribution in [1.82, 2.24) is 14.8 Å². The first kappa shape index (κ1) is 9.13. The maximum atomic E-state index is 10.4. The predicted octanol–water partition coefficient (Wildman–Crippen LogP) is 0.758. The maximum Gasteiger partial charge on any atom is 0.493 e. The lowest BCUT2D eigenvalue weighted by atomic mass is 10.3. The number of para-hydroxylation sites is 1. The Bertz CT molecular complexity index is 493.